The van der Waals surface area contributed by atoms with E-state index in [0.29, 0.717) is 11.8 Å². The lowest BCUT2D eigenvalue weighted by Gasteiger charge is -2.21. The lowest BCUT2D eigenvalue weighted by atomic mass is 10.1. The van der Waals surface area contributed by atoms with Gasteiger partial charge in [-0.3, -0.25) is 0 Å². The predicted octanol–water partition coefficient (Wildman–Crippen LogP) is 2.79. The SMILES string of the molecule is CC(Cc1ccc(O)cc1)NCCN1CCCCCC1. The highest BCUT2D eigenvalue weighted by atomic mass is 16.3. The molecule has 20 heavy (non-hydrogen) atoms. The molecule has 2 rings (SSSR count). The maximum atomic E-state index is 9.28. The number of nitrogens with zero attached hydrogens (tertiary/aromatic N) is 1. The fraction of sp³-hybridized carbons (Fsp3) is 0.647. The second kappa shape index (κ2) is 8.28. The fourth-order valence-electron chi connectivity index (χ4n) is 2.89. The van der Waals surface area contributed by atoms with Gasteiger partial charge < -0.3 is 15.3 Å². The van der Waals surface area contributed by atoms with Crippen LogP contribution in [0.25, 0.3) is 0 Å². The summed E-state index contributed by atoms with van der Waals surface area (Å²) in [6, 6.07) is 8.01. The third kappa shape index (κ3) is 5.51. The second-order valence-electron chi connectivity index (χ2n) is 5.98. The van der Waals surface area contributed by atoms with Crippen LogP contribution in [0.2, 0.25) is 0 Å². The molecule has 0 aromatic heterocycles. The monoisotopic (exact) mass is 276 g/mol. The van der Waals surface area contributed by atoms with E-state index in [4.69, 9.17) is 0 Å². The molecule has 112 valence electrons. The molecule has 1 aliphatic heterocycles. The summed E-state index contributed by atoms with van der Waals surface area (Å²) in [4.78, 5) is 2.59. The smallest absolute Gasteiger partial charge is 0.115 e. The van der Waals surface area contributed by atoms with Crippen molar-refractivity contribution < 1.29 is 5.11 Å². The molecular formula is C17H28N2O. The number of hydrogen-bond donors (Lipinski definition) is 2. The van der Waals surface area contributed by atoms with Crippen molar-refractivity contribution in [2.75, 3.05) is 26.2 Å². The Morgan fingerprint density at radius 3 is 2.40 bits per heavy atom. The van der Waals surface area contributed by atoms with Gasteiger partial charge in [0.25, 0.3) is 0 Å². The number of rotatable bonds is 6. The molecule has 0 bridgehead atoms. The van der Waals surface area contributed by atoms with Gasteiger partial charge in [-0.25, -0.2) is 0 Å². The molecule has 1 fully saturated rings. The van der Waals surface area contributed by atoms with Crippen LogP contribution < -0.4 is 5.32 Å². The van der Waals surface area contributed by atoms with E-state index in [0.717, 1.165) is 13.0 Å². The molecule has 1 heterocycles. The van der Waals surface area contributed by atoms with Gasteiger partial charge in [0.1, 0.15) is 5.75 Å². The summed E-state index contributed by atoms with van der Waals surface area (Å²) >= 11 is 0. The number of phenols is 1. The van der Waals surface area contributed by atoms with Crippen molar-refractivity contribution in [1.82, 2.24) is 10.2 Å². The van der Waals surface area contributed by atoms with Crippen LogP contribution in [0.5, 0.6) is 5.75 Å². The largest absolute Gasteiger partial charge is 0.508 e. The Bertz CT molecular complexity index is 369. The number of phenolic OH excluding ortho intramolecular Hbond substituents is 1. The van der Waals surface area contributed by atoms with Crippen LogP contribution >= 0.6 is 0 Å². The minimum Gasteiger partial charge on any atom is -0.508 e. The first-order valence-electron chi connectivity index (χ1n) is 7.98. The van der Waals surface area contributed by atoms with Crippen LogP contribution in [0.1, 0.15) is 38.2 Å². The van der Waals surface area contributed by atoms with Crippen molar-refractivity contribution in [1.29, 1.82) is 0 Å². The highest BCUT2D eigenvalue weighted by Crippen LogP contribution is 2.11. The Labute approximate surface area is 123 Å². The fourth-order valence-corrected chi connectivity index (χ4v) is 2.89. The first-order chi connectivity index (χ1) is 9.74. The Kier molecular flexibility index (Phi) is 6.34. The topological polar surface area (TPSA) is 35.5 Å². The summed E-state index contributed by atoms with van der Waals surface area (Å²) in [6.45, 7) is 7.01. The van der Waals surface area contributed by atoms with Crippen LogP contribution in [0.3, 0.4) is 0 Å². The first-order valence-corrected chi connectivity index (χ1v) is 7.98. The van der Waals surface area contributed by atoms with Gasteiger partial charge in [-0.2, -0.15) is 0 Å². The van der Waals surface area contributed by atoms with Gasteiger partial charge in [-0.15, -0.1) is 0 Å². The van der Waals surface area contributed by atoms with Gasteiger partial charge in [-0.1, -0.05) is 25.0 Å². The molecule has 1 aliphatic rings. The molecule has 1 atom stereocenters. The quantitative estimate of drug-likeness (QED) is 0.838. The molecule has 1 saturated heterocycles. The third-order valence-electron chi connectivity index (χ3n) is 4.10. The summed E-state index contributed by atoms with van der Waals surface area (Å²) in [5.41, 5.74) is 1.28. The summed E-state index contributed by atoms with van der Waals surface area (Å²) < 4.78 is 0. The molecule has 0 radical (unpaired) electrons. The van der Waals surface area contributed by atoms with Crippen molar-refractivity contribution in [2.24, 2.45) is 0 Å². The molecule has 2 N–H and O–H groups in total. The molecule has 3 nitrogen and oxygen atoms in total. The lowest BCUT2D eigenvalue weighted by Crippen LogP contribution is -2.37. The zero-order chi connectivity index (χ0) is 14.2. The van der Waals surface area contributed by atoms with Gasteiger partial charge in [0.15, 0.2) is 0 Å². The van der Waals surface area contributed by atoms with Crippen molar-refractivity contribution in [3.05, 3.63) is 29.8 Å². The molecule has 1 aromatic carbocycles. The van der Waals surface area contributed by atoms with E-state index in [1.54, 1.807) is 12.1 Å². The molecule has 1 aromatic rings. The van der Waals surface area contributed by atoms with Crippen molar-refractivity contribution in [3.63, 3.8) is 0 Å². The lowest BCUT2D eigenvalue weighted by molar-refractivity contribution is 0.280. The van der Waals surface area contributed by atoms with Crippen LogP contribution in [-0.4, -0.2) is 42.2 Å². The van der Waals surface area contributed by atoms with Crippen LogP contribution in [0, 0.1) is 0 Å². The molecule has 3 heteroatoms. The Hall–Kier alpha value is -1.06. The minimum atomic E-state index is 0.343. The van der Waals surface area contributed by atoms with E-state index >= 15 is 0 Å². The van der Waals surface area contributed by atoms with Gasteiger partial charge >= 0.3 is 0 Å². The van der Waals surface area contributed by atoms with E-state index in [9.17, 15) is 5.11 Å². The number of likely N-dealkylation sites (tertiary alicyclic amines) is 1. The number of nitrogens with one attached hydrogen (secondary N) is 1. The van der Waals surface area contributed by atoms with Crippen molar-refractivity contribution in [2.45, 2.75) is 45.1 Å². The number of aromatic hydroxyl groups is 1. The molecule has 0 spiro atoms. The van der Waals surface area contributed by atoms with E-state index < -0.39 is 0 Å². The molecule has 0 aliphatic carbocycles. The second-order valence-corrected chi connectivity index (χ2v) is 5.98. The number of benzene rings is 1. The summed E-state index contributed by atoms with van der Waals surface area (Å²) in [6.07, 6.45) is 6.55. The first kappa shape index (κ1) is 15.3. The van der Waals surface area contributed by atoms with E-state index in [2.05, 4.69) is 17.1 Å². The highest BCUT2D eigenvalue weighted by molar-refractivity contribution is 5.26. The standard InChI is InChI=1S/C17H28N2O/c1-15(14-16-6-8-17(20)9-7-16)18-10-13-19-11-4-2-3-5-12-19/h6-9,15,18,20H,2-5,10-14H2,1H3. The van der Waals surface area contributed by atoms with Crippen molar-refractivity contribution in [3.8, 4) is 5.75 Å². The third-order valence-corrected chi connectivity index (χ3v) is 4.10. The van der Waals surface area contributed by atoms with Crippen LogP contribution in [0.4, 0.5) is 0 Å². The average Bonchev–Trinajstić information content (AvgIpc) is 2.70. The van der Waals surface area contributed by atoms with Gasteiger partial charge in [0, 0.05) is 19.1 Å². The van der Waals surface area contributed by atoms with Gasteiger partial charge in [-0.05, 0) is 57.0 Å². The average molecular weight is 276 g/mol. The summed E-state index contributed by atoms with van der Waals surface area (Å²) in [7, 11) is 0. The number of hydrogen-bond acceptors (Lipinski definition) is 3. The van der Waals surface area contributed by atoms with Crippen LogP contribution in [-0.2, 0) is 6.42 Å². The van der Waals surface area contributed by atoms with Gasteiger partial charge in [0.2, 0.25) is 0 Å². The van der Waals surface area contributed by atoms with E-state index in [1.165, 1.54) is 50.9 Å². The van der Waals surface area contributed by atoms with Gasteiger partial charge in [0.05, 0.1) is 0 Å². The maximum absolute atomic E-state index is 9.28. The van der Waals surface area contributed by atoms with E-state index in [1.807, 2.05) is 12.1 Å². The molecule has 1 unspecified atom stereocenters. The molecule has 0 saturated carbocycles. The Balaban J connectivity index is 1.64. The Morgan fingerprint density at radius 2 is 1.75 bits per heavy atom. The minimum absolute atomic E-state index is 0.343. The summed E-state index contributed by atoms with van der Waals surface area (Å²) in [5, 5.41) is 12.9. The maximum Gasteiger partial charge on any atom is 0.115 e. The molecule has 0 amide bonds. The normalized spacial score (nSPS) is 18.6. The summed E-state index contributed by atoms with van der Waals surface area (Å²) in [5.74, 6) is 0.343. The zero-order valence-corrected chi connectivity index (χ0v) is 12.6. The molecular weight excluding hydrogens is 248 g/mol. The van der Waals surface area contributed by atoms with Crippen molar-refractivity contribution >= 4 is 0 Å². The Morgan fingerprint density at radius 1 is 1.10 bits per heavy atom. The highest BCUT2D eigenvalue weighted by Gasteiger charge is 2.09. The van der Waals surface area contributed by atoms with E-state index in [-0.39, 0.29) is 0 Å². The van der Waals surface area contributed by atoms with Crippen LogP contribution in [0.15, 0.2) is 24.3 Å². The zero-order valence-electron chi connectivity index (χ0n) is 12.6. The predicted molar refractivity (Wildman–Crippen MR) is 84.2 cm³/mol.